The summed E-state index contributed by atoms with van der Waals surface area (Å²) in [6.07, 6.45) is 6.82. The second kappa shape index (κ2) is 4.32. The molecule has 1 heteroatoms. The maximum absolute atomic E-state index is 5.64. The third-order valence-corrected chi connectivity index (χ3v) is 2.42. The highest BCUT2D eigenvalue weighted by atomic mass is 16.5. The van der Waals surface area contributed by atoms with Crippen LogP contribution in [0, 0.1) is 5.92 Å². The van der Waals surface area contributed by atoms with Gasteiger partial charge in [0, 0.05) is 0 Å². The molecule has 0 bridgehead atoms. The molecule has 1 saturated carbocycles. The van der Waals surface area contributed by atoms with Crippen LogP contribution in [0.1, 0.15) is 25.3 Å². The Kier molecular flexibility index (Phi) is 2.87. The number of benzene rings is 1. The average molecular weight is 188 g/mol. The van der Waals surface area contributed by atoms with Gasteiger partial charge in [0.05, 0.1) is 6.61 Å². The molecular formula is C13H16O. The molecule has 1 fully saturated rings. The van der Waals surface area contributed by atoms with Crippen LogP contribution in [0.3, 0.4) is 0 Å². The fraction of sp³-hybridized carbons (Fsp3) is 0.385. The Morgan fingerprint density at radius 1 is 1.29 bits per heavy atom. The van der Waals surface area contributed by atoms with E-state index in [1.807, 2.05) is 25.1 Å². The first-order chi connectivity index (χ1) is 6.88. The van der Waals surface area contributed by atoms with Gasteiger partial charge in [-0.15, -0.1) is 0 Å². The van der Waals surface area contributed by atoms with Gasteiger partial charge in [0.25, 0.3) is 0 Å². The maximum Gasteiger partial charge on any atom is 0.119 e. The Hall–Kier alpha value is -1.24. The summed E-state index contributed by atoms with van der Waals surface area (Å²) in [5, 5.41) is 0. The van der Waals surface area contributed by atoms with Gasteiger partial charge in [-0.2, -0.15) is 0 Å². The predicted octanol–water partition coefficient (Wildman–Crippen LogP) is 3.51. The first-order valence-electron chi connectivity index (χ1n) is 5.24. The lowest BCUT2D eigenvalue weighted by Gasteiger charge is -2.04. The summed E-state index contributed by atoms with van der Waals surface area (Å²) in [5.41, 5.74) is 1.23. The molecule has 14 heavy (non-hydrogen) atoms. The lowest BCUT2D eigenvalue weighted by Crippen LogP contribution is -1.98. The smallest absolute Gasteiger partial charge is 0.119 e. The average Bonchev–Trinajstić information content (AvgIpc) is 3.01. The SMILES string of the molecule is C/C=C/c1ccc(OCC2CC2)cc1. The highest BCUT2D eigenvalue weighted by Gasteiger charge is 2.21. The zero-order chi connectivity index (χ0) is 9.80. The van der Waals surface area contributed by atoms with Crippen molar-refractivity contribution in [2.45, 2.75) is 19.8 Å². The normalized spacial score (nSPS) is 16.1. The van der Waals surface area contributed by atoms with Crippen LogP contribution in [-0.4, -0.2) is 6.61 Å². The van der Waals surface area contributed by atoms with Gasteiger partial charge in [0.15, 0.2) is 0 Å². The second-order valence-electron chi connectivity index (χ2n) is 3.82. The van der Waals surface area contributed by atoms with Crippen molar-refractivity contribution in [2.24, 2.45) is 5.92 Å². The summed E-state index contributed by atoms with van der Waals surface area (Å²) in [6, 6.07) is 8.25. The van der Waals surface area contributed by atoms with E-state index in [-0.39, 0.29) is 0 Å². The van der Waals surface area contributed by atoms with E-state index in [1.54, 1.807) is 0 Å². The topological polar surface area (TPSA) is 9.23 Å². The van der Waals surface area contributed by atoms with Crippen LogP contribution >= 0.6 is 0 Å². The van der Waals surface area contributed by atoms with Crippen molar-refractivity contribution in [1.29, 1.82) is 0 Å². The van der Waals surface area contributed by atoms with Crippen LogP contribution in [-0.2, 0) is 0 Å². The molecule has 1 aliphatic carbocycles. The van der Waals surface area contributed by atoms with Gasteiger partial charge in [-0.3, -0.25) is 0 Å². The lowest BCUT2D eigenvalue weighted by molar-refractivity contribution is 0.300. The van der Waals surface area contributed by atoms with Gasteiger partial charge in [-0.05, 0) is 43.4 Å². The Labute approximate surface area is 85.4 Å². The van der Waals surface area contributed by atoms with E-state index in [1.165, 1.54) is 18.4 Å². The molecule has 2 rings (SSSR count). The summed E-state index contributed by atoms with van der Waals surface area (Å²) >= 11 is 0. The largest absolute Gasteiger partial charge is 0.493 e. The fourth-order valence-electron chi connectivity index (χ4n) is 1.37. The molecule has 0 spiro atoms. The van der Waals surface area contributed by atoms with E-state index in [9.17, 15) is 0 Å². The molecule has 74 valence electrons. The number of hydrogen-bond donors (Lipinski definition) is 0. The van der Waals surface area contributed by atoms with E-state index in [0.29, 0.717) is 0 Å². The lowest BCUT2D eigenvalue weighted by atomic mass is 10.2. The van der Waals surface area contributed by atoms with E-state index in [0.717, 1.165) is 18.3 Å². The molecule has 0 aromatic heterocycles. The monoisotopic (exact) mass is 188 g/mol. The third-order valence-electron chi connectivity index (χ3n) is 2.42. The third kappa shape index (κ3) is 2.63. The van der Waals surface area contributed by atoms with Gasteiger partial charge in [-0.25, -0.2) is 0 Å². The first-order valence-corrected chi connectivity index (χ1v) is 5.24. The zero-order valence-corrected chi connectivity index (χ0v) is 8.57. The maximum atomic E-state index is 5.64. The van der Waals surface area contributed by atoms with Crippen LogP contribution in [0.15, 0.2) is 30.3 Å². The van der Waals surface area contributed by atoms with Crippen molar-refractivity contribution < 1.29 is 4.74 Å². The minimum Gasteiger partial charge on any atom is -0.493 e. The number of ether oxygens (including phenoxy) is 1. The number of allylic oxidation sites excluding steroid dienone is 1. The first kappa shape index (κ1) is 9.32. The molecule has 1 aliphatic rings. The molecular weight excluding hydrogens is 172 g/mol. The highest BCUT2D eigenvalue weighted by molar-refractivity contribution is 5.50. The van der Waals surface area contributed by atoms with Crippen molar-refractivity contribution in [3.63, 3.8) is 0 Å². The molecule has 0 unspecified atom stereocenters. The zero-order valence-electron chi connectivity index (χ0n) is 8.57. The Balaban J connectivity index is 1.91. The van der Waals surface area contributed by atoms with Crippen LogP contribution in [0.4, 0.5) is 0 Å². The molecule has 1 nitrogen and oxygen atoms in total. The summed E-state index contributed by atoms with van der Waals surface area (Å²) in [6.45, 7) is 2.92. The Bertz CT molecular complexity index is 307. The fourth-order valence-corrected chi connectivity index (χ4v) is 1.37. The van der Waals surface area contributed by atoms with Crippen molar-refractivity contribution in [1.82, 2.24) is 0 Å². The van der Waals surface area contributed by atoms with E-state index in [4.69, 9.17) is 4.74 Å². The van der Waals surface area contributed by atoms with Crippen molar-refractivity contribution in [2.75, 3.05) is 6.61 Å². The van der Waals surface area contributed by atoms with Crippen molar-refractivity contribution in [3.8, 4) is 5.75 Å². The van der Waals surface area contributed by atoms with Crippen molar-refractivity contribution >= 4 is 6.08 Å². The molecule has 0 heterocycles. The van der Waals surface area contributed by atoms with Crippen LogP contribution in [0.25, 0.3) is 6.08 Å². The van der Waals surface area contributed by atoms with Gasteiger partial charge < -0.3 is 4.74 Å². The van der Waals surface area contributed by atoms with Crippen LogP contribution in [0.5, 0.6) is 5.75 Å². The number of rotatable bonds is 4. The second-order valence-corrected chi connectivity index (χ2v) is 3.82. The summed E-state index contributed by atoms with van der Waals surface area (Å²) in [5.74, 6) is 1.82. The molecule has 0 N–H and O–H groups in total. The van der Waals surface area contributed by atoms with Crippen LogP contribution < -0.4 is 4.74 Å². The van der Waals surface area contributed by atoms with Gasteiger partial charge in [0.1, 0.15) is 5.75 Å². The van der Waals surface area contributed by atoms with Gasteiger partial charge >= 0.3 is 0 Å². The standard InChI is InChI=1S/C13H16O/c1-2-3-11-6-8-13(9-7-11)14-10-12-4-5-12/h2-3,6-9,12H,4-5,10H2,1H3/b3-2+. The molecule has 1 aromatic rings. The summed E-state index contributed by atoms with van der Waals surface area (Å²) in [4.78, 5) is 0. The Morgan fingerprint density at radius 3 is 2.57 bits per heavy atom. The molecule has 0 atom stereocenters. The van der Waals surface area contributed by atoms with E-state index >= 15 is 0 Å². The van der Waals surface area contributed by atoms with Gasteiger partial charge in [0.2, 0.25) is 0 Å². The molecule has 0 saturated heterocycles. The molecule has 0 aliphatic heterocycles. The van der Waals surface area contributed by atoms with E-state index in [2.05, 4.69) is 18.2 Å². The van der Waals surface area contributed by atoms with Crippen molar-refractivity contribution in [3.05, 3.63) is 35.9 Å². The minimum atomic E-state index is 0.824. The summed E-state index contributed by atoms with van der Waals surface area (Å²) in [7, 11) is 0. The minimum absolute atomic E-state index is 0.824. The Morgan fingerprint density at radius 2 is 2.00 bits per heavy atom. The number of hydrogen-bond acceptors (Lipinski definition) is 1. The summed E-state index contributed by atoms with van der Waals surface area (Å²) < 4.78 is 5.64. The highest BCUT2D eigenvalue weighted by Crippen LogP contribution is 2.29. The predicted molar refractivity (Wildman–Crippen MR) is 59.4 cm³/mol. The quantitative estimate of drug-likeness (QED) is 0.702. The van der Waals surface area contributed by atoms with E-state index < -0.39 is 0 Å². The van der Waals surface area contributed by atoms with Crippen LogP contribution in [0.2, 0.25) is 0 Å². The molecule has 0 radical (unpaired) electrons. The van der Waals surface area contributed by atoms with Gasteiger partial charge in [-0.1, -0.05) is 24.3 Å². The molecule has 0 amide bonds. The molecule has 1 aromatic carbocycles.